The molecule has 0 N–H and O–H groups in total. The lowest BCUT2D eigenvalue weighted by molar-refractivity contribution is 0.0673. The molecule has 2 atom stereocenters. The molecule has 1 aromatic heterocycles. The van der Waals surface area contributed by atoms with Gasteiger partial charge in [-0.3, -0.25) is 4.79 Å². The number of nitrogens with zero attached hydrogens (tertiary/aromatic N) is 2. The van der Waals surface area contributed by atoms with Crippen LogP contribution in [0.15, 0.2) is 65.5 Å². The van der Waals surface area contributed by atoms with E-state index in [1.54, 1.807) is 6.20 Å². The molecule has 1 saturated heterocycles. The number of hydrogen-bond acceptors (Lipinski definition) is 3. The highest BCUT2D eigenvalue weighted by Crippen LogP contribution is 2.29. The maximum atomic E-state index is 13.2. The monoisotopic (exact) mass is 378 g/mol. The normalized spacial score (nSPS) is 19.1. The maximum Gasteiger partial charge on any atom is 0.254 e. The third-order valence-electron chi connectivity index (χ3n) is 5.55. The van der Waals surface area contributed by atoms with Crippen molar-refractivity contribution < 1.29 is 13.6 Å². The average molecular weight is 378 g/mol. The van der Waals surface area contributed by atoms with Gasteiger partial charge < -0.3 is 9.32 Å². The van der Waals surface area contributed by atoms with Crippen LogP contribution in [0.4, 0.5) is 4.39 Å². The van der Waals surface area contributed by atoms with Gasteiger partial charge in [-0.25, -0.2) is 9.37 Å². The Labute approximate surface area is 164 Å². The van der Waals surface area contributed by atoms with Crippen LogP contribution in [-0.2, 0) is 6.42 Å². The van der Waals surface area contributed by atoms with Crippen molar-refractivity contribution in [1.82, 2.24) is 9.88 Å². The van der Waals surface area contributed by atoms with Gasteiger partial charge >= 0.3 is 0 Å². The molecule has 3 aromatic rings. The Balaban J connectivity index is 1.45. The number of halogens is 1. The molecule has 0 radical (unpaired) electrons. The van der Waals surface area contributed by atoms with Gasteiger partial charge in [0.15, 0.2) is 12.2 Å². The minimum absolute atomic E-state index is 0.0678. The Morgan fingerprint density at radius 2 is 1.89 bits per heavy atom. The summed E-state index contributed by atoms with van der Waals surface area (Å²) in [6, 6.07) is 14.5. The van der Waals surface area contributed by atoms with Crippen LogP contribution in [0.3, 0.4) is 0 Å². The molecule has 1 amide bonds. The fraction of sp³-hybridized carbons (Fsp3) is 0.304. The molecule has 0 spiro atoms. The standard InChI is InChI=1S/C23H23FN2O2/c1-16-2-12-21(13-5-17-3-10-20(24)11-4-17)26(16)23(27)19-8-6-18(7-9-19)22-14-25-15-28-22/h3-4,6-11,14-16,21H,2,5,12-13H2,1H3/t16-,21-/m1/s1. The minimum Gasteiger partial charge on any atom is -0.444 e. The summed E-state index contributed by atoms with van der Waals surface area (Å²) in [5, 5.41) is 0. The zero-order valence-electron chi connectivity index (χ0n) is 15.8. The van der Waals surface area contributed by atoms with Gasteiger partial charge in [-0.1, -0.05) is 24.3 Å². The Morgan fingerprint density at radius 1 is 1.14 bits per heavy atom. The first kappa shape index (κ1) is 18.4. The number of oxazole rings is 1. The van der Waals surface area contributed by atoms with Gasteiger partial charge in [0.2, 0.25) is 0 Å². The Kier molecular flexibility index (Phi) is 5.24. The van der Waals surface area contributed by atoms with E-state index in [4.69, 9.17) is 4.42 Å². The number of aromatic nitrogens is 1. The highest BCUT2D eigenvalue weighted by molar-refractivity contribution is 5.95. The van der Waals surface area contributed by atoms with E-state index in [1.807, 2.05) is 41.3 Å². The van der Waals surface area contributed by atoms with Gasteiger partial charge in [-0.05, 0) is 62.4 Å². The van der Waals surface area contributed by atoms with Gasteiger partial charge in [0.05, 0.1) is 6.20 Å². The zero-order chi connectivity index (χ0) is 19.5. The summed E-state index contributed by atoms with van der Waals surface area (Å²) in [6.07, 6.45) is 6.79. The molecule has 4 rings (SSSR count). The summed E-state index contributed by atoms with van der Waals surface area (Å²) in [5.41, 5.74) is 2.69. The van der Waals surface area contributed by atoms with Gasteiger partial charge in [0.25, 0.3) is 5.91 Å². The van der Waals surface area contributed by atoms with Crippen molar-refractivity contribution in [3.8, 4) is 11.3 Å². The second-order valence-corrected chi connectivity index (χ2v) is 7.40. The minimum atomic E-state index is -0.219. The number of amides is 1. The van der Waals surface area contributed by atoms with Gasteiger partial charge in [0, 0.05) is 23.2 Å². The molecule has 0 unspecified atom stereocenters. The predicted molar refractivity (Wildman–Crippen MR) is 105 cm³/mol. The molecule has 144 valence electrons. The first-order chi connectivity index (χ1) is 13.6. The molecular weight excluding hydrogens is 355 g/mol. The zero-order valence-corrected chi connectivity index (χ0v) is 15.8. The quantitative estimate of drug-likeness (QED) is 0.620. The molecule has 1 aliphatic heterocycles. The van der Waals surface area contributed by atoms with Crippen molar-refractivity contribution in [2.45, 2.75) is 44.7 Å². The van der Waals surface area contributed by atoms with Crippen LogP contribution < -0.4 is 0 Å². The van der Waals surface area contributed by atoms with E-state index >= 15 is 0 Å². The predicted octanol–water partition coefficient (Wildman–Crippen LogP) is 5.11. The molecule has 1 aliphatic rings. The first-order valence-electron chi connectivity index (χ1n) is 9.68. The number of likely N-dealkylation sites (tertiary alicyclic amines) is 1. The summed E-state index contributed by atoms with van der Waals surface area (Å²) in [7, 11) is 0. The second kappa shape index (κ2) is 7.97. The molecule has 1 fully saturated rings. The van der Waals surface area contributed by atoms with Crippen LogP contribution in [0, 0.1) is 5.82 Å². The number of benzene rings is 2. The van der Waals surface area contributed by atoms with Crippen molar-refractivity contribution in [3.63, 3.8) is 0 Å². The number of carbonyl (C=O) groups is 1. The van der Waals surface area contributed by atoms with E-state index < -0.39 is 0 Å². The summed E-state index contributed by atoms with van der Waals surface area (Å²) >= 11 is 0. The summed E-state index contributed by atoms with van der Waals surface area (Å²) in [6.45, 7) is 2.11. The summed E-state index contributed by atoms with van der Waals surface area (Å²) < 4.78 is 18.4. The third-order valence-corrected chi connectivity index (χ3v) is 5.55. The van der Waals surface area contributed by atoms with Crippen molar-refractivity contribution >= 4 is 5.91 Å². The second-order valence-electron chi connectivity index (χ2n) is 7.40. The van der Waals surface area contributed by atoms with Crippen LogP contribution >= 0.6 is 0 Å². The number of aryl methyl sites for hydroxylation is 1. The number of carbonyl (C=O) groups excluding carboxylic acids is 1. The van der Waals surface area contributed by atoms with E-state index in [0.29, 0.717) is 11.3 Å². The smallest absolute Gasteiger partial charge is 0.254 e. The van der Waals surface area contributed by atoms with E-state index in [9.17, 15) is 9.18 Å². The topological polar surface area (TPSA) is 46.3 Å². The molecular formula is C23H23FN2O2. The van der Waals surface area contributed by atoms with Crippen molar-refractivity contribution in [2.24, 2.45) is 0 Å². The van der Waals surface area contributed by atoms with Crippen LogP contribution in [0.1, 0.15) is 42.1 Å². The van der Waals surface area contributed by atoms with E-state index in [-0.39, 0.29) is 23.8 Å². The van der Waals surface area contributed by atoms with E-state index in [0.717, 1.165) is 36.8 Å². The third kappa shape index (κ3) is 3.84. The SMILES string of the molecule is C[C@@H]1CC[C@H](CCc2ccc(F)cc2)N1C(=O)c1ccc(-c2cnco2)cc1. The van der Waals surface area contributed by atoms with Crippen LogP contribution in [-0.4, -0.2) is 27.9 Å². The van der Waals surface area contributed by atoms with Gasteiger partial charge in [-0.15, -0.1) is 0 Å². The highest BCUT2D eigenvalue weighted by Gasteiger charge is 2.34. The van der Waals surface area contributed by atoms with E-state index in [2.05, 4.69) is 11.9 Å². The fourth-order valence-electron chi connectivity index (χ4n) is 3.99. The maximum absolute atomic E-state index is 13.2. The number of hydrogen-bond donors (Lipinski definition) is 0. The number of rotatable bonds is 5. The highest BCUT2D eigenvalue weighted by atomic mass is 19.1. The Bertz CT molecular complexity index is 920. The molecule has 2 aromatic carbocycles. The van der Waals surface area contributed by atoms with Crippen molar-refractivity contribution in [3.05, 3.63) is 78.1 Å². The lowest BCUT2D eigenvalue weighted by Crippen LogP contribution is -2.40. The van der Waals surface area contributed by atoms with Crippen molar-refractivity contribution in [1.29, 1.82) is 0 Å². The molecule has 4 nitrogen and oxygen atoms in total. The first-order valence-corrected chi connectivity index (χ1v) is 9.68. The van der Waals surface area contributed by atoms with Crippen LogP contribution in [0.25, 0.3) is 11.3 Å². The lowest BCUT2D eigenvalue weighted by atomic mass is 10.0. The summed E-state index contributed by atoms with van der Waals surface area (Å²) in [5.74, 6) is 0.535. The lowest BCUT2D eigenvalue weighted by Gasteiger charge is -2.29. The van der Waals surface area contributed by atoms with Gasteiger partial charge in [0.1, 0.15) is 5.82 Å². The molecule has 28 heavy (non-hydrogen) atoms. The molecule has 2 heterocycles. The van der Waals surface area contributed by atoms with Crippen molar-refractivity contribution in [2.75, 3.05) is 0 Å². The fourth-order valence-corrected chi connectivity index (χ4v) is 3.99. The summed E-state index contributed by atoms with van der Waals surface area (Å²) in [4.78, 5) is 19.1. The Morgan fingerprint density at radius 3 is 2.57 bits per heavy atom. The molecule has 0 bridgehead atoms. The van der Waals surface area contributed by atoms with Gasteiger partial charge in [-0.2, -0.15) is 0 Å². The van der Waals surface area contributed by atoms with Crippen LogP contribution in [0.2, 0.25) is 0 Å². The Hall–Kier alpha value is -2.95. The van der Waals surface area contributed by atoms with E-state index in [1.165, 1.54) is 18.5 Å². The molecule has 5 heteroatoms. The molecule has 0 saturated carbocycles. The largest absolute Gasteiger partial charge is 0.444 e. The molecule has 0 aliphatic carbocycles. The van der Waals surface area contributed by atoms with Crippen LogP contribution in [0.5, 0.6) is 0 Å². The average Bonchev–Trinajstić information content (AvgIpc) is 3.37.